The second kappa shape index (κ2) is 5.85. The minimum atomic E-state index is -0.287. The second-order valence-corrected chi connectivity index (χ2v) is 5.50. The molecule has 0 aromatic rings. The fraction of sp³-hybridized carbons (Fsp3) is 0.786. The monoisotopic (exact) mass is 253 g/mol. The molecule has 2 N–H and O–H groups in total. The van der Waals surface area contributed by atoms with Crippen LogP contribution in [0, 0.1) is 11.8 Å². The van der Waals surface area contributed by atoms with Crippen LogP contribution in [0.4, 0.5) is 0 Å². The Balaban J connectivity index is 0.000000367. The van der Waals surface area contributed by atoms with Crippen LogP contribution in [0.2, 0.25) is 0 Å². The first-order valence-corrected chi connectivity index (χ1v) is 6.74. The van der Waals surface area contributed by atoms with Crippen LogP contribution in [-0.2, 0) is 9.53 Å². The summed E-state index contributed by atoms with van der Waals surface area (Å²) in [6.45, 7) is 0. The maximum absolute atomic E-state index is 10.7. The van der Waals surface area contributed by atoms with Gasteiger partial charge in [-0.05, 0) is 43.6 Å². The van der Waals surface area contributed by atoms with Crippen LogP contribution in [0.25, 0.3) is 0 Å². The Morgan fingerprint density at radius 1 is 1.39 bits per heavy atom. The number of carbonyl (C=O) groups excluding carboxylic acids is 1. The highest BCUT2D eigenvalue weighted by atomic mass is 16.4. The van der Waals surface area contributed by atoms with Crippen molar-refractivity contribution in [1.29, 1.82) is 0 Å². The fourth-order valence-corrected chi connectivity index (χ4v) is 3.17. The molecule has 0 spiro atoms. The molecule has 2 fully saturated rings. The van der Waals surface area contributed by atoms with E-state index in [1.807, 2.05) is 0 Å². The quantitative estimate of drug-likeness (QED) is 0.586. The fourth-order valence-electron chi connectivity index (χ4n) is 3.17. The molecule has 0 amide bonds. The van der Waals surface area contributed by atoms with Gasteiger partial charge < -0.3 is 20.0 Å². The van der Waals surface area contributed by atoms with Crippen molar-refractivity contribution in [3.05, 3.63) is 11.3 Å². The molecule has 102 valence electrons. The normalized spacial score (nSPS) is 34.3. The van der Waals surface area contributed by atoms with Crippen molar-refractivity contribution in [1.82, 2.24) is 5.32 Å². The Morgan fingerprint density at radius 2 is 2.11 bits per heavy atom. The minimum absolute atomic E-state index is 0.194. The molecule has 4 atom stereocenters. The van der Waals surface area contributed by atoms with Crippen LogP contribution in [0.5, 0.6) is 0 Å². The first kappa shape index (κ1) is 13.6. The van der Waals surface area contributed by atoms with Gasteiger partial charge in [-0.1, -0.05) is 0 Å². The van der Waals surface area contributed by atoms with Crippen LogP contribution in [-0.4, -0.2) is 37.8 Å². The van der Waals surface area contributed by atoms with E-state index in [2.05, 4.69) is 10.1 Å². The van der Waals surface area contributed by atoms with Gasteiger partial charge in [0, 0.05) is 25.8 Å². The molecule has 0 bridgehead atoms. The van der Waals surface area contributed by atoms with Gasteiger partial charge in [-0.2, -0.15) is 0 Å². The Bertz CT molecular complexity index is 340. The summed E-state index contributed by atoms with van der Waals surface area (Å²) in [5.41, 5.74) is 2.54. The average Bonchev–Trinajstić information content (AvgIpc) is 2.83. The predicted octanol–water partition coefficient (Wildman–Crippen LogP) is 1.24. The van der Waals surface area contributed by atoms with E-state index in [9.17, 15) is 9.90 Å². The molecule has 1 aliphatic heterocycles. The maximum atomic E-state index is 10.7. The van der Waals surface area contributed by atoms with Crippen LogP contribution >= 0.6 is 0 Å². The molecule has 3 rings (SSSR count). The summed E-state index contributed by atoms with van der Waals surface area (Å²) < 4.78 is 4.25. The highest BCUT2D eigenvalue weighted by Gasteiger charge is 2.42. The van der Waals surface area contributed by atoms with Crippen LogP contribution in [0.15, 0.2) is 11.3 Å². The number of nitrogens with one attached hydrogen (secondary N) is 1. The van der Waals surface area contributed by atoms with Gasteiger partial charge in [-0.25, -0.2) is 0 Å². The van der Waals surface area contributed by atoms with E-state index in [-0.39, 0.29) is 12.0 Å². The van der Waals surface area contributed by atoms with Crippen LogP contribution in [0.1, 0.15) is 32.1 Å². The zero-order chi connectivity index (χ0) is 13.1. The number of carbonyl (C=O) groups is 1. The number of fused-ring (bicyclic) bond motifs is 1. The van der Waals surface area contributed by atoms with E-state index in [4.69, 9.17) is 0 Å². The number of aliphatic hydroxyl groups excluding tert-OH is 1. The lowest BCUT2D eigenvalue weighted by molar-refractivity contribution is -0.111. The molecule has 0 aromatic heterocycles. The largest absolute Gasteiger partial charge is 0.388 e. The van der Waals surface area contributed by atoms with E-state index in [0.717, 1.165) is 38.4 Å². The first-order valence-electron chi connectivity index (χ1n) is 6.74. The van der Waals surface area contributed by atoms with Gasteiger partial charge in [0.1, 0.15) is 6.29 Å². The number of methoxy groups -OCH3 is 1. The van der Waals surface area contributed by atoms with Gasteiger partial charge >= 0.3 is 0 Å². The van der Waals surface area contributed by atoms with E-state index < -0.39 is 0 Å². The summed E-state index contributed by atoms with van der Waals surface area (Å²) in [5, 5.41) is 13.5. The topological polar surface area (TPSA) is 68.5 Å². The highest BCUT2D eigenvalue weighted by Crippen LogP contribution is 2.42. The molecule has 18 heavy (non-hydrogen) atoms. The van der Waals surface area contributed by atoms with E-state index in [1.54, 1.807) is 14.2 Å². The lowest BCUT2D eigenvalue weighted by Crippen LogP contribution is -2.21. The Morgan fingerprint density at radius 3 is 2.56 bits per heavy atom. The molecular weight excluding hydrogens is 230 g/mol. The van der Waals surface area contributed by atoms with Gasteiger partial charge in [-0.15, -0.1) is 0 Å². The van der Waals surface area contributed by atoms with Gasteiger partial charge in [-0.3, -0.25) is 0 Å². The van der Waals surface area contributed by atoms with Gasteiger partial charge in [0.2, 0.25) is 0 Å². The Kier molecular flexibility index (Phi) is 4.40. The van der Waals surface area contributed by atoms with Crippen molar-refractivity contribution < 1.29 is 14.6 Å². The number of hydrogen-bond donors (Lipinski definition) is 2. The standard InChI is InChI=1S/C12H17NO2.C2H6O/c14-6-7-1-2-8(5-7)12(15)9-3-4-10-11(9)13-10;1-3-2/h6-8,10,12-13,15H,1-5H2;1-2H3. The number of aliphatic hydroxyl groups is 1. The summed E-state index contributed by atoms with van der Waals surface area (Å²) in [7, 11) is 3.25. The summed E-state index contributed by atoms with van der Waals surface area (Å²) >= 11 is 0. The smallest absolute Gasteiger partial charge is 0.123 e. The van der Waals surface area contributed by atoms with E-state index >= 15 is 0 Å². The predicted molar refractivity (Wildman–Crippen MR) is 69.0 cm³/mol. The third-order valence-corrected chi connectivity index (χ3v) is 4.15. The zero-order valence-electron chi connectivity index (χ0n) is 11.2. The molecule has 1 heterocycles. The number of aldehydes is 1. The van der Waals surface area contributed by atoms with Gasteiger partial charge in [0.25, 0.3) is 0 Å². The summed E-state index contributed by atoms with van der Waals surface area (Å²) in [6.07, 6.45) is 5.83. The number of hydrogen-bond acceptors (Lipinski definition) is 4. The number of ether oxygens (including phenoxy) is 1. The molecule has 4 unspecified atom stereocenters. The third-order valence-electron chi connectivity index (χ3n) is 4.15. The van der Waals surface area contributed by atoms with E-state index in [1.165, 1.54) is 11.3 Å². The zero-order valence-corrected chi connectivity index (χ0v) is 11.2. The SMILES string of the molecule is COC.O=CC1CCC(C(O)C2=C3NC3CC2)C1. The lowest BCUT2D eigenvalue weighted by atomic mass is 9.92. The second-order valence-electron chi connectivity index (χ2n) is 5.50. The molecule has 1 saturated heterocycles. The summed E-state index contributed by atoms with van der Waals surface area (Å²) in [5.74, 6) is 0.517. The molecular formula is C14H23NO3. The maximum Gasteiger partial charge on any atom is 0.123 e. The van der Waals surface area contributed by atoms with Gasteiger partial charge in [0.15, 0.2) is 0 Å². The molecule has 1 saturated carbocycles. The first-order chi connectivity index (χ1) is 8.71. The molecule has 2 aliphatic carbocycles. The summed E-state index contributed by atoms with van der Waals surface area (Å²) in [4.78, 5) is 10.7. The molecule has 4 nitrogen and oxygen atoms in total. The van der Waals surface area contributed by atoms with Crippen molar-refractivity contribution in [2.24, 2.45) is 11.8 Å². The molecule has 4 heteroatoms. The van der Waals surface area contributed by atoms with Crippen molar-refractivity contribution in [3.8, 4) is 0 Å². The Hall–Kier alpha value is -0.870. The Labute approximate surface area is 108 Å². The number of rotatable bonds is 3. The van der Waals surface area contributed by atoms with Crippen LogP contribution in [0.3, 0.4) is 0 Å². The van der Waals surface area contributed by atoms with Crippen molar-refractivity contribution in [2.75, 3.05) is 14.2 Å². The summed E-state index contributed by atoms with van der Waals surface area (Å²) in [6, 6.07) is 0.581. The minimum Gasteiger partial charge on any atom is -0.388 e. The van der Waals surface area contributed by atoms with Gasteiger partial charge in [0.05, 0.1) is 12.1 Å². The van der Waals surface area contributed by atoms with Crippen molar-refractivity contribution in [3.63, 3.8) is 0 Å². The average molecular weight is 253 g/mol. The van der Waals surface area contributed by atoms with Crippen LogP contribution < -0.4 is 5.32 Å². The molecule has 0 radical (unpaired) electrons. The third kappa shape index (κ3) is 2.75. The van der Waals surface area contributed by atoms with Crippen molar-refractivity contribution >= 4 is 6.29 Å². The highest BCUT2D eigenvalue weighted by molar-refractivity contribution is 5.54. The molecule has 0 aromatic carbocycles. The van der Waals surface area contributed by atoms with Crippen molar-refractivity contribution in [2.45, 2.75) is 44.2 Å². The lowest BCUT2D eigenvalue weighted by Gasteiger charge is -2.19. The van der Waals surface area contributed by atoms with E-state index in [0.29, 0.717) is 12.0 Å². The molecule has 3 aliphatic rings.